The third-order valence-corrected chi connectivity index (χ3v) is 2.08. The Morgan fingerprint density at radius 3 is 1.09 bits per heavy atom. The lowest BCUT2D eigenvalue weighted by molar-refractivity contribution is -0.368. The zero-order chi connectivity index (χ0) is 23.8. The van der Waals surface area contributed by atoms with Gasteiger partial charge in [-0.1, -0.05) is 6.92 Å². The van der Waals surface area contributed by atoms with E-state index in [0.29, 0.717) is 6.92 Å². The highest BCUT2D eigenvalue weighted by atomic mass is 19.4. The van der Waals surface area contributed by atoms with Crippen LogP contribution in [0.15, 0.2) is 0 Å². The van der Waals surface area contributed by atoms with E-state index in [9.17, 15) is 52.7 Å². The fourth-order valence-electron chi connectivity index (χ4n) is 0.649. The number of hydrogen-bond acceptors (Lipinski definition) is 2. The predicted octanol–water partition coefficient (Wildman–Crippen LogP) is 4.11. The monoisotopic (exact) mass is 383 g/mol. The highest BCUT2D eigenvalue weighted by molar-refractivity contribution is 4.92. The van der Waals surface area contributed by atoms with Gasteiger partial charge in [-0.05, 0) is 13.2 Å². The Morgan fingerprint density at radius 2 is 1.09 bits per heavy atom. The molecule has 0 spiro atoms. The molecule has 0 aliphatic rings. The summed E-state index contributed by atoms with van der Waals surface area (Å²) in [5.41, 5.74) is -10.4. The molecule has 142 valence electrons. The molecule has 0 heterocycles. The van der Waals surface area contributed by atoms with Gasteiger partial charge in [0.2, 0.25) is 1.43 Å². The van der Waals surface area contributed by atoms with E-state index >= 15 is 0 Å². The summed E-state index contributed by atoms with van der Waals surface area (Å²) in [6.45, 7) is -4.26. The van der Waals surface area contributed by atoms with Crippen LogP contribution in [0.4, 0.5) is 52.7 Å². The average molecular weight is 383 g/mol. The zero-order valence-corrected chi connectivity index (χ0v) is 10.5. The molecule has 23 heavy (non-hydrogen) atoms. The van der Waals surface area contributed by atoms with E-state index in [-0.39, 0.29) is 0 Å². The Kier molecular flexibility index (Phi) is 4.43. The zero-order valence-electron chi connectivity index (χ0n) is 15.5. The first-order valence-electron chi connectivity index (χ1n) is 7.30. The third-order valence-electron chi connectivity index (χ3n) is 2.08. The maximum Gasteiger partial charge on any atom is 0.426 e. The van der Waals surface area contributed by atoms with Gasteiger partial charge in [-0.25, -0.2) is 0 Å². The first kappa shape index (κ1) is 15.6. The molecule has 0 aromatic carbocycles. The van der Waals surface area contributed by atoms with E-state index in [0.717, 1.165) is 0 Å². The summed E-state index contributed by atoms with van der Waals surface area (Å²) < 4.78 is 174. The molecule has 0 fully saturated rings. The molecule has 0 aliphatic carbocycles. The minimum atomic E-state index is -6.27. The minimum absolute atomic E-state index is 0.320. The fraction of sp³-hybridized carbons (Fsp3) is 1.00. The first-order valence-corrected chi connectivity index (χ1v) is 4.81. The summed E-state index contributed by atoms with van der Waals surface area (Å²) in [5.74, 6) is 0. The second-order valence-electron chi connectivity index (χ2n) is 3.73. The molecule has 2 N–H and O–H groups in total. The lowest BCUT2D eigenvalue weighted by Crippen LogP contribution is -2.56. The van der Waals surface area contributed by atoms with Crippen molar-refractivity contribution < 1.29 is 68.4 Å². The predicted molar refractivity (Wildman–Crippen MR) is 50.1 cm³/mol. The summed E-state index contributed by atoms with van der Waals surface area (Å²) in [7, 11) is 0. The van der Waals surface area contributed by atoms with Gasteiger partial charge in [0.25, 0.3) is 11.2 Å². The van der Waals surface area contributed by atoms with Gasteiger partial charge in [0.05, 0.1) is 0 Å². The van der Waals surface area contributed by atoms with Gasteiger partial charge in [0.15, 0.2) is 0 Å². The maximum absolute atomic E-state index is 12.0. The molecule has 1 unspecified atom stereocenters. The largest absolute Gasteiger partial charge is 0.426 e. The molecule has 0 rings (SSSR count). The number of rotatable bonds is 2. The molecule has 0 aromatic heterocycles. The molecule has 0 aromatic rings. The molecule has 0 aliphatic heterocycles. The molecule has 1 atom stereocenters. The summed E-state index contributed by atoms with van der Waals surface area (Å²) in [6.07, 6.45) is -27.1. The highest BCUT2D eigenvalue weighted by Crippen LogP contribution is 2.45. The molecule has 0 bridgehead atoms. The van der Waals surface area contributed by atoms with Crippen LogP contribution >= 0.6 is 0 Å². The number of hydrogen-bond donors (Lipinski definition) is 2. The van der Waals surface area contributed by atoms with Gasteiger partial charge in [-0.2, -0.15) is 52.7 Å². The van der Waals surface area contributed by atoms with Crippen molar-refractivity contribution in [3.63, 3.8) is 0 Å². The van der Waals surface area contributed by atoms with Crippen molar-refractivity contribution in [2.45, 2.75) is 56.1 Å². The standard InChI is InChI=1S/C5H6F6O.C4H4F6O/c1-2-3(12,4(6,7)8)5(9,10)11;1-2(11,3(5,6)7)4(8,9)10/h12H,2H2,1H3;11H,1H3/i2D;1D3,11D. The van der Waals surface area contributed by atoms with Crippen molar-refractivity contribution in [1.29, 1.82) is 1.43 Å². The number of halogens is 12. The van der Waals surface area contributed by atoms with Crippen molar-refractivity contribution >= 4 is 0 Å². The van der Waals surface area contributed by atoms with Crippen molar-refractivity contribution in [2.24, 2.45) is 0 Å². The summed E-state index contributed by atoms with van der Waals surface area (Å²) in [6, 6.07) is 0. The van der Waals surface area contributed by atoms with Crippen LogP contribution in [0.5, 0.6) is 0 Å². The molecule has 0 saturated heterocycles. The van der Waals surface area contributed by atoms with Gasteiger partial charge in [0.1, 0.15) is 0 Å². The van der Waals surface area contributed by atoms with Crippen molar-refractivity contribution in [3.05, 3.63) is 0 Å². The van der Waals surface area contributed by atoms with Gasteiger partial charge >= 0.3 is 24.7 Å². The Hall–Kier alpha value is -0.920. The molecule has 0 amide bonds. The maximum atomic E-state index is 12.0. The lowest BCUT2D eigenvalue weighted by atomic mass is 10.00. The molecule has 0 radical (unpaired) electrons. The van der Waals surface area contributed by atoms with Crippen molar-refractivity contribution in [1.82, 2.24) is 0 Å². The van der Waals surface area contributed by atoms with Crippen LogP contribution in [-0.2, 0) is 0 Å². The normalized spacial score (nSPS) is 20.2. The van der Waals surface area contributed by atoms with Crippen LogP contribution in [0.1, 0.15) is 25.7 Å². The minimum Gasteiger partial charge on any atom is -0.374 e. The Labute approximate surface area is 127 Å². The van der Waals surface area contributed by atoms with Crippen LogP contribution in [0, 0.1) is 0 Å². The third kappa shape index (κ3) is 5.29. The average Bonchev–Trinajstić information content (AvgIpc) is 2.30. The van der Waals surface area contributed by atoms with Crippen LogP contribution in [0.3, 0.4) is 0 Å². The van der Waals surface area contributed by atoms with Gasteiger partial charge in [-0.3, -0.25) is 0 Å². The quantitative estimate of drug-likeness (QED) is 0.705. The molecule has 14 heteroatoms. The van der Waals surface area contributed by atoms with Crippen LogP contribution in [0.2, 0.25) is 0 Å². The van der Waals surface area contributed by atoms with E-state index in [1.165, 1.54) is 0 Å². The first-order chi connectivity index (χ1) is 11.8. The SMILES string of the molecule is [2H]C(C)C(O)(C(F)(F)F)C(F)(F)F.[2H]OC(C([2H])([2H])[2H])(C(F)(F)F)C(F)(F)F. The summed E-state index contributed by atoms with van der Waals surface area (Å²) in [5, 5.41) is 10.8. The Balaban J connectivity index is 0. The second-order valence-corrected chi connectivity index (χ2v) is 3.73. The van der Waals surface area contributed by atoms with Gasteiger partial charge < -0.3 is 10.2 Å². The second kappa shape index (κ2) is 6.53. The van der Waals surface area contributed by atoms with Gasteiger partial charge in [-0.15, -0.1) is 0 Å². The molecular formula is C9H10F12O2. The molecular weight excluding hydrogens is 368 g/mol. The smallest absolute Gasteiger partial charge is 0.374 e. The van der Waals surface area contributed by atoms with Crippen molar-refractivity contribution in [2.75, 3.05) is 0 Å². The van der Waals surface area contributed by atoms with Crippen LogP contribution in [-0.4, -0.2) is 47.6 Å². The lowest BCUT2D eigenvalue weighted by Gasteiger charge is -2.30. The summed E-state index contributed by atoms with van der Waals surface area (Å²) >= 11 is 0. The van der Waals surface area contributed by atoms with Crippen LogP contribution in [0.25, 0.3) is 0 Å². The number of aliphatic hydroxyl groups is 2. The summed E-state index contributed by atoms with van der Waals surface area (Å²) in [4.78, 5) is 0. The fourth-order valence-corrected chi connectivity index (χ4v) is 0.649. The number of alkyl halides is 12. The topological polar surface area (TPSA) is 40.5 Å². The van der Waals surface area contributed by atoms with E-state index in [2.05, 4.69) is 5.11 Å². The van der Waals surface area contributed by atoms with Gasteiger partial charge in [0, 0.05) is 5.48 Å². The Morgan fingerprint density at radius 1 is 0.783 bits per heavy atom. The van der Waals surface area contributed by atoms with Crippen molar-refractivity contribution in [3.8, 4) is 0 Å². The van der Waals surface area contributed by atoms with E-state index in [1.807, 2.05) is 0 Å². The van der Waals surface area contributed by atoms with Crippen LogP contribution < -0.4 is 0 Å². The highest BCUT2D eigenvalue weighted by Gasteiger charge is 2.69. The molecule has 0 saturated carbocycles. The molecule has 2 nitrogen and oxygen atoms in total. The van der Waals surface area contributed by atoms with E-state index < -0.39 is 49.2 Å². The van der Waals surface area contributed by atoms with E-state index in [1.54, 1.807) is 0 Å². The Bertz CT molecular complexity index is 454. The van der Waals surface area contributed by atoms with E-state index in [4.69, 9.17) is 12.0 Å².